The van der Waals surface area contributed by atoms with Gasteiger partial charge < -0.3 is 5.32 Å². The summed E-state index contributed by atoms with van der Waals surface area (Å²) < 4.78 is 22.6. The van der Waals surface area contributed by atoms with Gasteiger partial charge in [0.15, 0.2) is 9.84 Å². The number of hydrogen-bond acceptors (Lipinski definition) is 3. The molecule has 1 saturated heterocycles. The van der Waals surface area contributed by atoms with Gasteiger partial charge in [0.1, 0.15) is 0 Å². The molecule has 2 unspecified atom stereocenters. The van der Waals surface area contributed by atoms with Crippen molar-refractivity contribution in [3.63, 3.8) is 0 Å². The Morgan fingerprint density at radius 1 is 1.60 bits per heavy atom. The summed E-state index contributed by atoms with van der Waals surface area (Å²) in [5, 5.41) is 3.30. The number of rotatable bonds is 5. The molecule has 2 atom stereocenters. The Bertz CT molecular complexity index is 329. The van der Waals surface area contributed by atoms with Crippen LogP contribution in [0.1, 0.15) is 26.2 Å². The van der Waals surface area contributed by atoms with Gasteiger partial charge in [0.05, 0.1) is 11.5 Å². The molecule has 1 heterocycles. The highest BCUT2D eigenvalue weighted by molar-refractivity contribution is 7.91. The summed E-state index contributed by atoms with van der Waals surface area (Å²) in [7, 11) is -2.75. The van der Waals surface area contributed by atoms with Gasteiger partial charge in [-0.25, -0.2) is 8.42 Å². The van der Waals surface area contributed by atoms with Crippen molar-refractivity contribution in [1.29, 1.82) is 0 Å². The van der Waals surface area contributed by atoms with E-state index < -0.39 is 9.84 Å². The topological polar surface area (TPSA) is 46.2 Å². The third kappa shape index (κ3) is 4.23. The molecule has 0 aliphatic carbocycles. The van der Waals surface area contributed by atoms with Gasteiger partial charge >= 0.3 is 0 Å². The summed E-state index contributed by atoms with van der Waals surface area (Å²) in [6.07, 6.45) is 7.65. The van der Waals surface area contributed by atoms with Crippen molar-refractivity contribution < 1.29 is 8.42 Å². The van der Waals surface area contributed by atoms with Gasteiger partial charge in [-0.15, -0.1) is 12.3 Å². The molecule has 0 amide bonds. The van der Waals surface area contributed by atoms with Crippen molar-refractivity contribution >= 4 is 9.84 Å². The fourth-order valence-corrected chi connectivity index (χ4v) is 4.01. The van der Waals surface area contributed by atoms with Crippen LogP contribution in [0.15, 0.2) is 0 Å². The zero-order chi connectivity index (χ0) is 11.3. The van der Waals surface area contributed by atoms with Crippen molar-refractivity contribution in [2.45, 2.75) is 32.2 Å². The second kappa shape index (κ2) is 5.53. The standard InChI is InChI=1S/C11H19NO2S/c1-3-5-11(12-4-2)8-10-6-7-15(13,14)9-10/h1,10-12H,4-9H2,2H3. The zero-order valence-corrected chi connectivity index (χ0v) is 10.0. The Labute approximate surface area is 92.6 Å². The first kappa shape index (κ1) is 12.5. The van der Waals surface area contributed by atoms with E-state index in [0.717, 1.165) is 19.4 Å². The SMILES string of the molecule is C#CCC(CC1CCS(=O)(=O)C1)NCC. The second-order valence-electron chi connectivity index (χ2n) is 4.17. The van der Waals surface area contributed by atoms with Crippen LogP contribution in [-0.4, -0.2) is 32.5 Å². The predicted molar refractivity (Wildman–Crippen MR) is 62.3 cm³/mol. The van der Waals surface area contributed by atoms with Gasteiger partial charge in [0, 0.05) is 12.5 Å². The molecule has 0 bridgehead atoms. The Morgan fingerprint density at radius 2 is 2.33 bits per heavy atom. The highest BCUT2D eigenvalue weighted by atomic mass is 32.2. The van der Waals surface area contributed by atoms with Gasteiger partial charge in [-0.05, 0) is 25.3 Å². The average Bonchev–Trinajstić information content (AvgIpc) is 2.46. The molecule has 1 fully saturated rings. The van der Waals surface area contributed by atoms with Crippen molar-refractivity contribution in [2.75, 3.05) is 18.1 Å². The lowest BCUT2D eigenvalue weighted by Crippen LogP contribution is -2.31. The Hall–Kier alpha value is -0.530. The maximum absolute atomic E-state index is 11.3. The predicted octanol–water partition coefficient (Wildman–Crippen LogP) is 0.813. The first-order chi connectivity index (χ1) is 7.07. The van der Waals surface area contributed by atoms with Crippen molar-refractivity contribution in [3.05, 3.63) is 0 Å². The number of nitrogens with one attached hydrogen (secondary N) is 1. The van der Waals surface area contributed by atoms with Crippen LogP contribution >= 0.6 is 0 Å². The number of sulfone groups is 1. The van der Waals surface area contributed by atoms with Crippen LogP contribution < -0.4 is 5.32 Å². The molecule has 0 aromatic heterocycles. The van der Waals surface area contributed by atoms with E-state index in [1.54, 1.807) is 0 Å². The molecule has 0 radical (unpaired) electrons. The molecular formula is C11H19NO2S. The third-order valence-corrected chi connectivity index (χ3v) is 4.64. The van der Waals surface area contributed by atoms with Gasteiger partial charge in [0.25, 0.3) is 0 Å². The van der Waals surface area contributed by atoms with Crippen molar-refractivity contribution in [3.8, 4) is 12.3 Å². The lowest BCUT2D eigenvalue weighted by Gasteiger charge is -2.18. The first-order valence-corrected chi connectivity index (χ1v) is 7.26. The summed E-state index contributed by atoms with van der Waals surface area (Å²) in [6, 6.07) is 0.276. The third-order valence-electron chi connectivity index (χ3n) is 2.80. The lowest BCUT2D eigenvalue weighted by molar-refractivity contribution is 0.416. The Balaban J connectivity index is 2.42. The van der Waals surface area contributed by atoms with E-state index in [1.165, 1.54) is 0 Å². The van der Waals surface area contributed by atoms with E-state index in [0.29, 0.717) is 23.8 Å². The highest BCUT2D eigenvalue weighted by Crippen LogP contribution is 2.23. The molecular weight excluding hydrogens is 210 g/mol. The quantitative estimate of drug-likeness (QED) is 0.710. The van der Waals surface area contributed by atoms with E-state index >= 15 is 0 Å². The minimum absolute atomic E-state index is 0.276. The highest BCUT2D eigenvalue weighted by Gasteiger charge is 2.29. The summed E-state index contributed by atoms with van der Waals surface area (Å²) in [4.78, 5) is 0. The number of hydrogen-bond donors (Lipinski definition) is 1. The monoisotopic (exact) mass is 229 g/mol. The minimum Gasteiger partial charge on any atom is -0.313 e. The fraction of sp³-hybridized carbons (Fsp3) is 0.818. The van der Waals surface area contributed by atoms with Crippen molar-refractivity contribution in [2.24, 2.45) is 5.92 Å². The van der Waals surface area contributed by atoms with Crippen LogP contribution in [0.5, 0.6) is 0 Å². The molecule has 1 rings (SSSR count). The van der Waals surface area contributed by atoms with Crippen LogP contribution in [-0.2, 0) is 9.84 Å². The lowest BCUT2D eigenvalue weighted by atomic mass is 9.97. The maximum atomic E-state index is 11.3. The number of terminal acetylenes is 1. The smallest absolute Gasteiger partial charge is 0.150 e. The Kier molecular flexibility index (Phi) is 4.62. The van der Waals surface area contributed by atoms with Gasteiger partial charge in [-0.1, -0.05) is 6.92 Å². The summed E-state index contributed by atoms with van der Waals surface area (Å²) in [5.74, 6) is 3.63. The Morgan fingerprint density at radius 3 is 2.80 bits per heavy atom. The van der Waals surface area contributed by atoms with Gasteiger partial charge in [0.2, 0.25) is 0 Å². The van der Waals surface area contributed by atoms with E-state index in [1.807, 2.05) is 6.92 Å². The molecule has 1 aliphatic rings. The molecule has 0 aromatic rings. The van der Waals surface area contributed by atoms with Crippen molar-refractivity contribution in [1.82, 2.24) is 5.32 Å². The molecule has 0 saturated carbocycles. The van der Waals surface area contributed by atoms with E-state index in [9.17, 15) is 8.42 Å². The van der Waals surface area contributed by atoms with Gasteiger partial charge in [-0.2, -0.15) is 0 Å². The van der Waals surface area contributed by atoms with Gasteiger partial charge in [-0.3, -0.25) is 0 Å². The molecule has 1 aliphatic heterocycles. The molecule has 0 aromatic carbocycles. The molecule has 3 nitrogen and oxygen atoms in total. The molecule has 0 spiro atoms. The van der Waals surface area contributed by atoms with E-state index in [4.69, 9.17) is 6.42 Å². The zero-order valence-electron chi connectivity index (χ0n) is 9.20. The van der Waals surface area contributed by atoms with E-state index in [-0.39, 0.29) is 6.04 Å². The first-order valence-electron chi connectivity index (χ1n) is 5.44. The van der Waals surface area contributed by atoms with Crippen LogP contribution in [0.3, 0.4) is 0 Å². The van der Waals surface area contributed by atoms with Crippen LogP contribution in [0.2, 0.25) is 0 Å². The average molecular weight is 229 g/mol. The summed E-state index contributed by atoms with van der Waals surface area (Å²) in [6.45, 7) is 2.92. The maximum Gasteiger partial charge on any atom is 0.150 e. The van der Waals surface area contributed by atoms with E-state index in [2.05, 4.69) is 11.2 Å². The molecule has 86 valence electrons. The largest absolute Gasteiger partial charge is 0.313 e. The van der Waals surface area contributed by atoms with Crippen LogP contribution in [0, 0.1) is 18.3 Å². The molecule has 4 heteroatoms. The van der Waals surface area contributed by atoms with Crippen LogP contribution in [0.25, 0.3) is 0 Å². The normalized spacial score (nSPS) is 26.0. The summed E-state index contributed by atoms with van der Waals surface area (Å²) in [5.41, 5.74) is 0. The minimum atomic E-state index is -2.75. The van der Waals surface area contributed by atoms with Crippen LogP contribution in [0.4, 0.5) is 0 Å². The molecule has 15 heavy (non-hydrogen) atoms. The molecule has 1 N–H and O–H groups in total. The fourth-order valence-electron chi connectivity index (χ4n) is 2.13. The second-order valence-corrected chi connectivity index (χ2v) is 6.40. The summed E-state index contributed by atoms with van der Waals surface area (Å²) >= 11 is 0.